The monoisotopic (exact) mass is 372 g/mol. The van der Waals surface area contributed by atoms with E-state index >= 15 is 0 Å². The highest BCUT2D eigenvalue weighted by molar-refractivity contribution is 7.91. The van der Waals surface area contributed by atoms with Crippen LogP contribution in [-0.4, -0.2) is 37.4 Å². The van der Waals surface area contributed by atoms with E-state index in [1.807, 2.05) is 19.1 Å². The maximum Gasteiger partial charge on any atom is 0.254 e. The fourth-order valence-electron chi connectivity index (χ4n) is 2.59. The zero-order chi connectivity index (χ0) is 16.6. The van der Waals surface area contributed by atoms with E-state index in [0.29, 0.717) is 34.6 Å². The van der Waals surface area contributed by atoms with Crippen molar-refractivity contribution in [2.75, 3.05) is 19.7 Å². The number of rotatable bonds is 3. The molecule has 1 fully saturated rings. The third-order valence-electron chi connectivity index (χ3n) is 3.71. The first-order chi connectivity index (χ1) is 10.9. The molecule has 0 radical (unpaired) electrons. The molecule has 0 saturated carbocycles. The Morgan fingerprint density at radius 1 is 1.30 bits per heavy atom. The largest absolute Gasteiger partial charge is 0.371 e. The highest BCUT2D eigenvalue weighted by Crippen LogP contribution is 2.31. The molecule has 2 aromatic rings. The van der Waals surface area contributed by atoms with Crippen LogP contribution in [0.15, 0.2) is 28.5 Å². The predicted molar refractivity (Wildman–Crippen MR) is 90.5 cm³/mol. The van der Waals surface area contributed by atoms with Gasteiger partial charge in [0.2, 0.25) is 0 Å². The Bertz CT molecular complexity index is 803. The number of aromatic nitrogens is 1. The van der Waals surface area contributed by atoms with Gasteiger partial charge in [-0.1, -0.05) is 23.7 Å². The number of ether oxygens (including phenoxy) is 1. The van der Waals surface area contributed by atoms with Crippen molar-refractivity contribution < 1.29 is 13.2 Å². The van der Waals surface area contributed by atoms with Gasteiger partial charge in [0.25, 0.3) is 10.0 Å². The molecule has 8 heteroatoms. The molecule has 0 bridgehead atoms. The number of benzene rings is 1. The van der Waals surface area contributed by atoms with Crippen LogP contribution in [0.2, 0.25) is 5.02 Å². The zero-order valence-corrected chi connectivity index (χ0v) is 15.2. The van der Waals surface area contributed by atoms with Crippen molar-refractivity contribution in [2.24, 2.45) is 0 Å². The smallest absolute Gasteiger partial charge is 0.254 e. The topological polar surface area (TPSA) is 59.5 Å². The summed E-state index contributed by atoms with van der Waals surface area (Å²) in [6.07, 6.45) is -0.287. The van der Waals surface area contributed by atoms with E-state index in [0.717, 1.165) is 10.6 Å². The fraction of sp³-hybridized carbons (Fsp3) is 0.400. The molecule has 23 heavy (non-hydrogen) atoms. The van der Waals surface area contributed by atoms with Crippen LogP contribution in [0.4, 0.5) is 0 Å². The Kier molecular flexibility index (Phi) is 4.75. The molecule has 1 atom stereocenters. The number of morpholine rings is 1. The van der Waals surface area contributed by atoms with Crippen molar-refractivity contribution in [3.8, 4) is 0 Å². The third-order valence-corrected chi connectivity index (χ3v) is 7.48. The molecule has 1 aromatic carbocycles. The molecule has 5 nitrogen and oxygen atoms in total. The van der Waals surface area contributed by atoms with E-state index in [9.17, 15) is 8.42 Å². The van der Waals surface area contributed by atoms with E-state index in [1.165, 1.54) is 15.6 Å². The highest BCUT2D eigenvalue weighted by atomic mass is 35.5. The molecule has 0 spiro atoms. The second-order valence-corrected chi connectivity index (χ2v) is 9.15. The molecule has 2 heterocycles. The number of aryl methyl sites for hydroxylation is 2. The summed E-state index contributed by atoms with van der Waals surface area (Å²) in [4.78, 5) is 4.23. The van der Waals surface area contributed by atoms with Crippen LogP contribution in [0, 0.1) is 13.8 Å². The second kappa shape index (κ2) is 6.49. The number of hydrogen-bond acceptors (Lipinski definition) is 5. The lowest BCUT2D eigenvalue weighted by atomic mass is 10.1. The van der Waals surface area contributed by atoms with Crippen LogP contribution in [0.3, 0.4) is 0 Å². The van der Waals surface area contributed by atoms with Crippen molar-refractivity contribution in [1.82, 2.24) is 9.29 Å². The molecule has 0 aliphatic carbocycles. The van der Waals surface area contributed by atoms with Crippen molar-refractivity contribution in [1.29, 1.82) is 0 Å². The van der Waals surface area contributed by atoms with Gasteiger partial charge in [0.1, 0.15) is 0 Å². The summed E-state index contributed by atoms with van der Waals surface area (Å²) in [6.45, 7) is 4.55. The van der Waals surface area contributed by atoms with Crippen molar-refractivity contribution in [2.45, 2.75) is 24.2 Å². The number of halogens is 1. The standard InChI is InChI=1S/C15H17ClN2O3S2/c1-10-15(22-11(2)17-10)23(19,20)18-7-8-21-14(9-18)12-3-5-13(16)6-4-12/h3-6,14H,7-9H2,1-2H3/t14-/m1/s1. The molecule has 0 amide bonds. The van der Waals surface area contributed by atoms with Crippen LogP contribution in [0.5, 0.6) is 0 Å². The van der Waals surface area contributed by atoms with Gasteiger partial charge in [0.05, 0.1) is 23.4 Å². The third kappa shape index (κ3) is 3.44. The average Bonchev–Trinajstić information content (AvgIpc) is 2.87. The molecular formula is C15H17ClN2O3S2. The van der Waals surface area contributed by atoms with E-state index in [4.69, 9.17) is 16.3 Å². The second-order valence-electron chi connectivity index (χ2n) is 5.38. The van der Waals surface area contributed by atoms with Crippen LogP contribution >= 0.6 is 22.9 Å². The quantitative estimate of drug-likeness (QED) is 0.830. The minimum Gasteiger partial charge on any atom is -0.371 e. The Hall–Kier alpha value is -0.990. The summed E-state index contributed by atoms with van der Waals surface area (Å²) in [5.41, 5.74) is 1.48. The van der Waals surface area contributed by atoms with E-state index in [2.05, 4.69) is 4.98 Å². The Labute approximate surface area is 144 Å². The van der Waals surface area contributed by atoms with Gasteiger partial charge in [0.15, 0.2) is 4.21 Å². The summed E-state index contributed by atoms with van der Waals surface area (Å²) in [6, 6.07) is 7.30. The fourth-order valence-corrected chi connectivity index (χ4v) is 5.76. The molecule has 1 aliphatic rings. The molecule has 3 rings (SSSR count). The number of hydrogen-bond donors (Lipinski definition) is 0. The number of thiazole rings is 1. The van der Waals surface area contributed by atoms with Crippen LogP contribution < -0.4 is 0 Å². The number of nitrogens with zero attached hydrogens (tertiary/aromatic N) is 2. The zero-order valence-electron chi connectivity index (χ0n) is 12.8. The van der Waals surface area contributed by atoms with Gasteiger partial charge in [-0.25, -0.2) is 13.4 Å². The maximum absolute atomic E-state index is 12.9. The highest BCUT2D eigenvalue weighted by Gasteiger charge is 2.33. The lowest BCUT2D eigenvalue weighted by Crippen LogP contribution is -2.42. The van der Waals surface area contributed by atoms with E-state index in [-0.39, 0.29) is 6.10 Å². The minimum absolute atomic E-state index is 0.287. The van der Waals surface area contributed by atoms with E-state index in [1.54, 1.807) is 19.1 Å². The lowest BCUT2D eigenvalue weighted by Gasteiger charge is -2.32. The summed E-state index contributed by atoms with van der Waals surface area (Å²) >= 11 is 7.11. The van der Waals surface area contributed by atoms with Gasteiger partial charge in [0, 0.05) is 18.1 Å². The van der Waals surface area contributed by atoms with Gasteiger partial charge in [-0.2, -0.15) is 4.31 Å². The first-order valence-corrected chi connectivity index (χ1v) is 9.82. The van der Waals surface area contributed by atoms with Gasteiger partial charge < -0.3 is 4.74 Å². The molecule has 1 aromatic heterocycles. The summed E-state index contributed by atoms with van der Waals surface area (Å²) in [7, 11) is -3.54. The average molecular weight is 373 g/mol. The van der Waals surface area contributed by atoms with E-state index < -0.39 is 10.0 Å². The lowest BCUT2D eigenvalue weighted by molar-refractivity contribution is -0.00250. The Morgan fingerprint density at radius 2 is 2.00 bits per heavy atom. The Morgan fingerprint density at radius 3 is 2.61 bits per heavy atom. The minimum atomic E-state index is -3.54. The van der Waals surface area contributed by atoms with Crippen molar-refractivity contribution in [3.63, 3.8) is 0 Å². The maximum atomic E-state index is 12.9. The molecule has 0 unspecified atom stereocenters. The van der Waals surface area contributed by atoms with Crippen LogP contribution in [-0.2, 0) is 14.8 Å². The van der Waals surface area contributed by atoms with Gasteiger partial charge in [-0.15, -0.1) is 11.3 Å². The molecule has 1 saturated heterocycles. The normalized spacial score (nSPS) is 19.9. The number of sulfonamides is 1. The van der Waals surface area contributed by atoms with Crippen LogP contribution in [0.25, 0.3) is 0 Å². The van der Waals surface area contributed by atoms with Gasteiger partial charge >= 0.3 is 0 Å². The molecular weight excluding hydrogens is 356 g/mol. The summed E-state index contributed by atoms with van der Waals surface area (Å²) < 4.78 is 33.3. The first-order valence-electron chi connectivity index (χ1n) is 7.19. The Balaban J connectivity index is 1.85. The summed E-state index contributed by atoms with van der Waals surface area (Å²) in [5, 5.41) is 1.40. The molecule has 1 aliphatic heterocycles. The SMILES string of the molecule is Cc1nc(C)c(S(=O)(=O)N2CCO[C@@H](c3ccc(Cl)cc3)C2)s1. The van der Waals surface area contributed by atoms with Crippen molar-refractivity contribution in [3.05, 3.63) is 45.6 Å². The van der Waals surface area contributed by atoms with Crippen LogP contribution in [0.1, 0.15) is 22.4 Å². The van der Waals surface area contributed by atoms with Crippen molar-refractivity contribution >= 4 is 33.0 Å². The first kappa shape index (κ1) is 16.9. The van der Waals surface area contributed by atoms with Gasteiger partial charge in [-0.05, 0) is 31.5 Å². The van der Waals surface area contributed by atoms with Gasteiger partial charge in [-0.3, -0.25) is 0 Å². The summed E-state index contributed by atoms with van der Waals surface area (Å²) in [5.74, 6) is 0. The molecule has 0 N–H and O–H groups in total. The molecule has 124 valence electrons. The predicted octanol–water partition coefficient (Wildman–Crippen LogP) is 3.18.